The Balaban J connectivity index is 1.89. The molecule has 2 rings (SSSR count). The van der Waals surface area contributed by atoms with Crippen LogP contribution in [0.3, 0.4) is 0 Å². The van der Waals surface area contributed by atoms with Crippen LogP contribution in [0.4, 0.5) is 0 Å². The fourth-order valence-corrected chi connectivity index (χ4v) is 2.90. The Morgan fingerprint density at radius 2 is 2.09 bits per heavy atom. The zero-order chi connectivity index (χ0) is 16.3. The maximum Gasteiger partial charge on any atom is 0.159 e. The van der Waals surface area contributed by atoms with E-state index in [1.807, 2.05) is 30.8 Å². The lowest BCUT2D eigenvalue weighted by Crippen LogP contribution is -2.11. The molecule has 0 bridgehead atoms. The summed E-state index contributed by atoms with van der Waals surface area (Å²) in [5.74, 6) is 0. The van der Waals surface area contributed by atoms with Crippen LogP contribution in [0.15, 0.2) is 16.6 Å². The molecule has 0 radical (unpaired) electrons. The number of aryl methyl sites for hydroxylation is 2. The molecular formula is C16H24N4OS. The largest absolute Gasteiger partial charge is 0.389 e. The molecule has 120 valence electrons. The lowest BCUT2D eigenvalue weighted by Gasteiger charge is -2.13. The first-order chi connectivity index (χ1) is 10.3. The van der Waals surface area contributed by atoms with E-state index in [2.05, 4.69) is 42.1 Å². The van der Waals surface area contributed by atoms with Crippen LogP contribution in [0.1, 0.15) is 49.8 Å². The summed E-state index contributed by atoms with van der Waals surface area (Å²) < 4.78 is 1.93. The lowest BCUT2D eigenvalue weighted by molar-refractivity contribution is 0.127. The van der Waals surface area contributed by atoms with Crippen molar-refractivity contribution in [2.24, 2.45) is 5.16 Å². The molecule has 22 heavy (non-hydrogen) atoms. The topological polar surface area (TPSA) is 52.3 Å². The van der Waals surface area contributed by atoms with Gasteiger partial charge >= 0.3 is 0 Å². The van der Waals surface area contributed by atoms with Crippen LogP contribution in [-0.4, -0.2) is 20.5 Å². The first-order valence-electron chi connectivity index (χ1n) is 7.37. The van der Waals surface area contributed by atoms with Gasteiger partial charge in [0.25, 0.3) is 0 Å². The molecule has 0 fully saturated rings. The molecule has 2 heterocycles. The smallest absolute Gasteiger partial charge is 0.159 e. The second kappa shape index (κ2) is 6.60. The minimum Gasteiger partial charge on any atom is -0.389 e. The van der Waals surface area contributed by atoms with Crippen molar-refractivity contribution < 1.29 is 4.84 Å². The van der Waals surface area contributed by atoms with Gasteiger partial charge in [-0.05, 0) is 26.8 Å². The van der Waals surface area contributed by atoms with Gasteiger partial charge in [0.1, 0.15) is 0 Å². The summed E-state index contributed by atoms with van der Waals surface area (Å²) in [6, 6.07) is 2.05. The maximum absolute atomic E-state index is 5.42. The van der Waals surface area contributed by atoms with Gasteiger partial charge in [-0.3, -0.25) is 4.68 Å². The monoisotopic (exact) mass is 320 g/mol. The number of thiazole rings is 1. The first kappa shape index (κ1) is 16.7. The Bertz CT molecular complexity index is 664. The summed E-state index contributed by atoms with van der Waals surface area (Å²) in [6.45, 7) is 13.5. The van der Waals surface area contributed by atoms with Gasteiger partial charge in [0.2, 0.25) is 0 Å². The van der Waals surface area contributed by atoms with Crippen molar-refractivity contribution in [2.75, 3.05) is 0 Å². The predicted molar refractivity (Wildman–Crippen MR) is 90.4 cm³/mol. The molecule has 2 aromatic heterocycles. The van der Waals surface area contributed by atoms with E-state index in [9.17, 15) is 0 Å². The summed E-state index contributed by atoms with van der Waals surface area (Å²) in [5, 5.41) is 11.7. The molecular weight excluding hydrogens is 296 g/mol. The lowest BCUT2D eigenvalue weighted by atomic mass is 9.98. The Morgan fingerprint density at radius 3 is 2.64 bits per heavy atom. The van der Waals surface area contributed by atoms with E-state index < -0.39 is 0 Å². The van der Waals surface area contributed by atoms with Gasteiger partial charge in [-0.2, -0.15) is 5.10 Å². The van der Waals surface area contributed by atoms with E-state index in [0.29, 0.717) is 13.2 Å². The van der Waals surface area contributed by atoms with Crippen molar-refractivity contribution in [3.63, 3.8) is 0 Å². The van der Waals surface area contributed by atoms with Crippen LogP contribution in [0.2, 0.25) is 0 Å². The van der Waals surface area contributed by atoms with E-state index in [-0.39, 0.29) is 5.41 Å². The third-order valence-corrected chi connectivity index (χ3v) is 4.42. The fraction of sp³-hybridized carbons (Fsp3) is 0.562. The zero-order valence-corrected chi connectivity index (χ0v) is 15.0. The second-order valence-electron chi connectivity index (χ2n) is 6.58. The highest BCUT2D eigenvalue weighted by Gasteiger charge is 2.17. The maximum atomic E-state index is 5.42. The summed E-state index contributed by atoms with van der Waals surface area (Å²) in [6.07, 6.45) is 0. The molecule has 0 saturated heterocycles. The highest BCUT2D eigenvalue weighted by molar-refractivity contribution is 7.09. The number of aromatic nitrogens is 3. The molecule has 2 aromatic rings. The van der Waals surface area contributed by atoms with Gasteiger partial charge in [0.15, 0.2) is 6.61 Å². The number of nitrogens with zero attached hydrogens (tertiary/aromatic N) is 4. The quantitative estimate of drug-likeness (QED) is 0.621. The molecule has 0 N–H and O–H groups in total. The van der Waals surface area contributed by atoms with E-state index in [1.54, 1.807) is 11.3 Å². The van der Waals surface area contributed by atoms with Crippen molar-refractivity contribution >= 4 is 17.0 Å². The highest BCUT2D eigenvalue weighted by Crippen LogP contribution is 2.25. The van der Waals surface area contributed by atoms with Gasteiger partial charge in [-0.1, -0.05) is 25.9 Å². The minimum atomic E-state index is 0.0809. The van der Waals surface area contributed by atoms with Gasteiger partial charge in [-0.15, -0.1) is 11.3 Å². The summed E-state index contributed by atoms with van der Waals surface area (Å²) in [4.78, 5) is 10.0. The van der Waals surface area contributed by atoms with Crippen molar-refractivity contribution in [1.29, 1.82) is 0 Å². The molecule has 0 unspecified atom stereocenters. The van der Waals surface area contributed by atoms with Crippen molar-refractivity contribution in [3.8, 4) is 0 Å². The van der Waals surface area contributed by atoms with Crippen molar-refractivity contribution in [3.05, 3.63) is 33.5 Å². The number of hydrogen-bond acceptors (Lipinski definition) is 5. The van der Waals surface area contributed by atoms with E-state index >= 15 is 0 Å². The van der Waals surface area contributed by atoms with E-state index in [1.165, 1.54) is 0 Å². The minimum absolute atomic E-state index is 0.0809. The van der Waals surface area contributed by atoms with Gasteiger partial charge in [-0.25, -0.2) is 4.98 Å². The van der Waals surface area contributed by atoms with Gasteiger partial charge in [0.05, 0.1) is 28.7 Å². The zero-order valence-electron chi connectivity index (χ0n) is 14.2. The van der Waals surface area contributed by atoms with Crippen LogP contribution in [0.25, 0.3) is 0 Å². The average Bonchev–Trinajstić information content (AvgIpc) is 2.97. The Labute approximate surface area is 136 Å². The van der Waals surface area contributed by atoms with Crippen molar-refractivity contribution in [2.45, 2.75) is 60.1 Å². The molecule has 0 aliphatic rings. The van der Waals surface area contributed by atoms with Crippen LogP contribution in [-0.2, 0) is 23.4 Å². The fourth-order valence-electron chi connectivity index (χ4n) is 2.01. The third kappa shape index (κ3) is 4.40. The molecule has 0 spiro atoms. The first-order valence-corrected chi connectivity index (χ1v) is 8.25. The Kier molecular flexibility index (Phi) is 5.01. The number of rotatable bonds is 5. The predicted octanol–water partition coefficient (Wildman–Crippen LogP) is 3.85. The normalized spacial score (nSPS) is 12.7. The summed E-state index contributed by atoms with van der Waals surface area (Å²) in [5.41, 5.74) is 4.04. The standard InChI is InChI=1S/C16H24N4OS/c1-11-7-13(3)20(18-11)8-12(2)19-21-9-14-10-22-15(17-14)16(4,5)6/h7,10H,8-9H2,1-6H3. The Hall–Kier alpha value is -1.69. The summed E-state index contributed by atoms with van der Waals surface area (Å²) in [7, 11) is 0. The SMILES string of the molecule is CC(Cn1nc(C)cc1C)=NOCc1csc(C(C)(C)C)n1. The molecule has 0 saturated carbocycles. The number of hydrogen-bond donors (Lipinski definition) is 0. The molecule has 0 amide bonds. The molecule has 0 aromatic carbocycles. The molecule has 0 atom stereocenters. The van der Waals surface area contributed by atoms with Crippen LogP contribution in [0, 0.1) is 13.8 Å². The Morgan fingerprint density at radius 1 is 1.36 bits per heavy atom. The number of oxime groups is 1. The van der Waals surface area contributed by atoms with Crippen molar-refractivity contribution in [1.82, 2.24) is 14.8 Å². The van der Waals surface area contributed by atoms with Crippen LogP contribution >= 0.6 is 11.3 Å². The van der Waals surface area contributed by atoms with E-state index in [4.69, 9.17) is 4.84 Å². The second-order valence-corrected chi connectivity index (χ2v) is 7.44. The van der Waals surface area contributed by atoms with Crippen LogP contribution in [0.5, 0.6) is 0 Å². The van der Waals surface area contributed by atoms with Gasteiger partial charge in [0, 0.05) is 16.5 Å². The van der Waals surface area contributed by atoms with Gasteiger partial charge < -0.3 is 4.84 Å². The summed E-state index contributed by atoms with van der Waals surface area (Å²) >= 11 is 1.67. The molecule has 6 heteroatoms. The average molecular weight is 320 g/mol. The van der Waals surface area contributed by atoms with Crippen LogP contribution < -0.4 is 0 Å². The molecule has 0 aliphatic carbocycles. The van der Waals surface area contributed by atoms with E-state index in [0.717, 1.165) is 27.8 Å². The molecule has 5 nitrogen and oxygen atoms in total. The molecule has 0 aliphatic heterocycles. The highest BCUT2D eigenvalue weighted by atomic mass is 32.1. The third-order valence-electron chi connectivity index (χ3n) is 3.11.